The molecule has 0 saturated heterocycles. The zero-order valence-electron chi connectivity index (χ0n) is 17.5. The van der Waals surface area contributed by atoms with E-state index >= 15 is 0 Å². The van der Waals surface area contributed by atoms with E-state index in [1.807, 2.05) is 80.1 Å². The van der Waals surface area contributed by atoms with Crippen LogP contribution < -0.4 is 5.48 Å². The van der Waals surface area contributed by atoms with Crippen LogP contribution in [0.15, 0.2) is 79.4 Å². The van der Waals surface area contributed by atoms with Crippen molar-refractivity contribution in [2.75, 3.05) is 0 Å². The third-order valence-electron chi connectivity index (χ3n) is 4.62. The molecule has 0 N–H and O–H groups in total. The molecule has 0 unspecified atom stereocenters. The fourth-order valence-corrected chi connectivity index (χ4v) is 3.41. The lowest BCUT2D eigenvalue weighted by atomic mass is 9.95. The van der Waals surface area contributed by atoms with Crippen molar-refractivity contribution in [3.8, 4) is 27.9 Å². The topological polar surface area (TPSA) is 41.2 Å². The van der Waals surface area contributed by atoms with Crippen LogP contribution in [0, 0.1) is 0 Å². The highest BCUT2D eigenvalue weighted by Gasteiger charge is 2.20. The summed E-state index contributed by atoms with van der Waals surface area (Å²) in [6.07, 6.45) is 5.44. The maximum atomic E-state index is 6.14. The van der Waals surface area contributed by atoms with Gasteiger partial charge in [0.25, 0.3) is 0 Å². The van der Waals surface area contributed by atoms with Gasteiger partial charge in [0.2, 0.25) is 0 Å². The molecule has 1 radical (unpaired) electrons. The van der Waals surface area contributed by atoms with Crippen molar-refractivity contribution in [3.63, 3.8) is 0 Å². The molecule has 6 heteroatoms. The quantitative estimate of drug-likeness (QED) is 0.295. The molecule has 0 bridgehead atoms. The Labute approximate surface area is 192 Å². The van der Waals surface area contributed by atoms with Crippen molar-refractivity contribution in [3.05, 3.63) is 89.4 Å². The van der Waals surface area contributed by atoms with Crippen molar-refractivity contribution in [2.45, 2.75) is 26.4 Å². The average Bonchev–Trinajstić information content (AvgIpc) is 3.27. The molecule has 3 aromatic carbocycles. The molecule has 0 amide bonds. The molecule has 4 aromatic rings. The van der Waals surface area contributed by atoms with Crippen molar-refractivity contribution >= 4 is 28.9 Å². The molecule has 31 heavy (non-hydrogen) atoms. The molecule has 0 spiro atoms. The number of hydrogen-bond acceptors (Lipinski definition) is 2. The summed E-state index contributed by atoms with van der Waals surface area (Å²) in [7, 11) is 0. The molecule has 4 rings (SSSR count). The number of rotatable bonds is 5. The number of imidazole rings is 1. The average molecular weight is 451 g/mol. The lowest BCUT2D eigenvalue weighted by molar-refractivity contribution is -0.0541. The Hall–Kier alpha value is -2.79. The Morgan fingerprint density at radius 1 is 0.839 bits per heavy atom. The number of halogens is 2. The monoisotopic (exact) mass is 450 g/mol. The molecule has 4 nitrogen and oxygen atoms in total. The van der Waals surface area contributed by atoms with Crippen molar-refractivity contribution in [1.29, 1.82) is 0 Å². The first-order valence-electron chi connectivity index (χ1n) is 9.88. The van der Waals surface area contributed by atoms with E-state index in [9.17, 15) is 0 Å². The zero-order valence-corrected chi connectivity index (χ0v) is 19.0. The van der Waals surface area contributed by atoms with E-state index < -0.39 is 5.60 Å². The van der Waals surface area contributed by atoms with Crippen molar-refractivity contribution in [1.82, 2.24) is 15.0 Å². The maximum absolute atomic E-state index is 6.14. The minimum absolute atomic E-state index is 0.433. The van der Waals surface area contributed by atoms with E-state index in [4.69, 9.17) is 28.0 Å². The number of benzene rings is 3. The lowest BCUT2D eigenvalue weighted by Crippen LogP contribution is -2.23. The minimum atomic E-state index is -0.433. The van der Waals surface area contributed by atoms with Crippen LogP contribution in [0.2, 0.25) is 10.0 Å². The Balaban J connectivity index is 1.97. The van der Waals surface area contributed by atoms with Crippen molar-refractivity contribution in [2.24, 2.45) is 0 Å². The maximum Gasteiger partial charge on any atom is 0.106 e. The van der Waals surface area contributed by atoms with Crippen LogP contribution in [0.1, 0.15) is 20.8 Å². The normalized spacial score (nSPS) is 11.5. The van der Waals surface area contributed by atoms with Crippen LogP contribution in [0.25, 0.3) is 27.9 Å². The predicted molar refractivity (Wildman–Crippen MR) is 127 cm³/mol. The van der Waals surface area contributed by atoms with E-state index in [1.54, 1.807) is 12.5 Å². The predicted octanol–water partition coefficient (Wildman–Crippen LogP) is 7.48. The van der Waals surface area contributed by atoms with Gasteiger partial charge in [-0.3, -0.25) is 0 Å². The van der Waals surface area contributed by atoms with Gasteiger partial charge in [0.05, 0.1) is 11.9 Å². The van der Waals surface area contributed by atoms with E-state index in [2.05, 4.69) is 22.6 Å². The molecule has 157 valence electrons. The summed E-state index contributed by atoms with van der Waals surface area (Å²) in [5.74, 6) is 0. The second-order valence-corrected chi connectivity index (χ2v) is 9.04. The first-order valence-corrected chi connectivity index (χ1v) is 10.6. The van der Waals surface area contributed by atoms with Crippen LogP contribution in [0.5, 0.6) is 0 Å². The second-order valence-electron chi connectivity index (χ2n) is 8.17. The van der Waals surface area contributed by atoms with E-state index in [-0.39, 0.29) is 0 Å². The molecule has 0 aliphatic rings. The third kappa shape index (κ3) is 5.10. The van der Waals surface area contributed by atoms with Gasteiger partial charge in [-0.2, -0.15) is 0 Å². The van der Waals surface area contributed by atoms with E-state index in [0.717, 1.165) is 33.6 Å². The highest BCUT2D eigenvalue weighted by Crippen LogP contribution is 2.40. The molecule has 1 aromatic heterocycles. The van der Waals surface area contributed by atoms with Crippen LogP contribution in [0.3, 0.4) is 0 Å². The highest BCUT2D eigenvalue weighted by molar-refractivity contribution is 6.31. The molecule has 0 atom stereocenters. The second kappa shape index (κ2) is 8.75. The molecule has 0 saturated carbocycles. The van der Waals surface area contributed by atoms with Crippen LogP contribution in [-0.2, 0) is 4.84 Å². The Morgan fingerprint density at radius 2 is 1.35 bits per heavy atom. The van der Waals surface area contributed by atoms with Gasteiger partial charge in [-0.25, -0.2) is 9.82 Å². The van der Waals surface area contributed by atoms with Crippen LogP contribution in [-0.4, -0.2) is 15.2 Å². The number of hydrogen-bond donors (Lipinski definition) is 0. The first-order chi connectivity index (χ1) is 14.8. The number of aromatic nitrogens is 2. The zero-order chi connectivity index (χ0) is 22.0. The summed E-state index contributed by atoms with van der Waals surface area (Å²) in [5.41, 5.74) is 9.70. The Morgan fingerprint density at radius 3 is 1.77 bits per heavy atom. The van der Waals surface area contributed by atoms with Crippen LogP contribution in [0.4, 0.5) is 5.69 Å². The summed E-state index contributed by atoms with van der Waals surface area (Å²) in [6.45, 7) is 5.92. The van der Waals surface area contributed by atoms with Gasteiger partial charge < -0.3 is 4.57 Å². The lowest BCUT2D eigenvalue weighted by Gasteiger charge is -2.22. The van der Waals surface area contributed by atoms with E-state index in [0.29, 0.717) is 10.0 Å². The van der Waals surface area contributed by atoms with Gasteiger partial charge in [0.1, 0.15) is 5.69 Å². The van der Waals surface area contributed by atoms with Crippen molar-refractivity contribution < 1.29 is 4.84 Å². The van der Waals surface area contributed by atoms with Gasteiger partial charge in [0, 0.05) is 39.3 Å². The highest BCUT2D eigenvalue weighted by atomic mass is 35.5. The fourth-order valence-electron chi connectivity index (χ4n) is 3.16. The Kier molecular flexibility index (Phi) is 6.05. The molecular formula is C25H22Cl2N3O. The molecule has 1 heterocycles. The molecule has 0 fully saturated rings. The summed E-state index contributed by atoms with van der Waals surface area (Å²) >= 11 is 12.3. The van der Waals surface area contributed by atoms with E-state index in [1.165, 1.54) is 0 Å². The van der Waals surface area contributed by atoms with Crippen LogP contribution >= 0.6 is 23.2 Å². The first kappa shape index (κ1) is 21.4. The third-order valence-corrected chi connectivity index (χ3v) is 5.12. The summed E-state index contributed by atoms with van der Waals surface area (Å²) in [4.78, 5) is 10.1. The standard InChI is InChI=1S/C25H22Cl2N3O/c1-25(2,3)31-29-24-22(17-4-8-19(26)9-5-17)14-21(30-13-12-28-16-30)15-23(24)18-6-10-20(27)11-7-18/h4-16H,1-3H3. The molecule has 0 aliphatic carbocycles. The van der Waals surface area contributed by atoms with Gasteiger partial charge in [-0.1, -0.05) is 47.5 Å². The summed E-state index contributed by atoms with van der Waals surface area (Å²) in [5, 5.41) is 1.36. The van der Waals surface area contributed by atoms with Gasteiger partial charge >= 0.3 is 0 Å². The summed E-state index contributed by atoms with van der Waals surface area (Å²) in [6, 6.07) is 19.6. The fraction of sp³-hybridized carbons (Fsp3) is 0.160. The molecular weight excluding hydrogens is 429 g/mol. The van der Waals surface area contributed by atoms with Gasteiger partial charge in [-0.05, 0) is 68.3 Å². The van der Waals surface area contributed by atoms with Gasteiger partial charge in [0.15, 0.2) is 0 Å². The number of nitrogens with zero attached hydrogens (tertiary/aromatic N) is 3. The van der Waals surface area contributed by atoms with Gasteiger partial charge in [-0.15, -0.1) is 5.48 Å². The summed E-state index contributed by atoms with van der Waals surface area (Å²) < 4.78 is 1.97. The smallest absolute Gasteiger partial charge is 0.106 e. The Bertz CT molecular complexity index is 1100. The minimum Gasteiger partial charge on any atom is -0.306 e. The SMILES string of the molecule is CC(C)(C)O[N]c1c(-c2ccc(Cl)cc2)cc(-n2ccnc2)cc1-c1ccc(Cl)cc1. The molecule has 0 aliphatic heterocycles. The largest absolute Gasteiger partial charge is 0.306 e.